The molecule has 7 heteroatoms. The number of aromatic nitrogens is 2. The lowest BCUT2D eigenvalue weighted by Gasteiger charge is -2.35. The summed E-state index contributed by atoms with van der Waals surface area (Å²) >= 11 is 0. The summed E-state index contributed by atoms with van der Waals surface area (Å²) in [5.74, 6) is 1.60. The summed E-state index contributed by atoms with van der Waals surface area (Å²) in [6.45, 7) is 6.04. The first-order chi connectivity index (χ1) is 17.5. The zero-order valence-electron chi connectivity index (χ0n) is 20.8. The van der Waals surface area contributed by atoms with Crippen molar-refractivity contribution < 1.29 is 14.1 Å². The number of carbonyl (C=O) groups is 1. The average Bonchev–Trinajstić information content (AvgIpc) is 3.39. The largest absolute Gasteiger partial charge is 0.497 e. The zero-order valence-corrected chi connectivity index (χ0v) is 20.8. The SMILES string of the molecule is CCc1ccc(N2C(=O)NC(c3ccc(OC)cc3)C(c3nc(-c4cccc(C)c4)no3)=C2C)cc1. The van der Waals surface area contributed by atoms with Gasteiger partial charge in [-0.1, -0.05) is 60.1 Å². The number of hydrogen-bond donors (Lipinski definition) is 1. The standard InChI is InChI=1S/C29H28N4O3/c1-5-20-9-13-23(14-10-20)33-19(3)25(26(30-29(33)34)21-11-15-24(35-4)16-12-21)28-31-27(32-36-28)22-8-6-7-18(2)17-22/h6-17,26H,5H2,1-4H3,(H,30,34). The second kappa shape index (κ2) is 9.70. The number of nitrogens with one attached hydrogen (secondary N) is 1. The Morgan fingerprint density at radius 3 is 2.44 bits per heavy atom. The van der Waals surface area contributed by atoms with Crippen LogP contribution in [-0.4, -0.2) is 23.3 Å². The van der Waals surface area contributed by atoms with Crippen LogP contribution in [0.25, 0.3) is 17.0 Å². The third-order valence-electron chi connectivity index (χ3n) is 6.47. The molecule has 0 saturated heterocycles. The molecule has 1 aliphatic rings. The number of carbonyl (C=O) groups excluding carboxylic acids is 1. The molecule has 36 heavy (non-hydrogen) atoms. The van der Waals surface area contributed by atoms with Crippen molar-refractivity contribution in [1.29, 1.82) is 0 Å². The van der Waals surface area contributed by atoms with Crippen molar-refractivity contribution in [3.63, 3.8) is 0 Å². The van der Waals surface area contributed by atoms with E-state index in [1.54, 1.807) is 12.0 Å². The number of allylic oxidation sites excluding steroid dienone is 1. The van der Waals surface area contributed by atoms with E-state index in [0.717, 1.165) is 45.8 Å². The van der Waals surface area contributed by atoms with Crippen LogP contribution in [0, 0.1) is 6.92 Å². The number of anilines is 1. The monoisotopic (exact) mass is 480 g/mol. The van der Waals surface area contributed by atoms with Gasteiger partial charge in [0.25, 0.3) is 5.89 Å². The molecule has 182 valence electrons. The van der Waals surface area contributed by atoms with Crippen molar-refractivity contribution in [2.24, 2.45) is 0 Å². The molecule has 0 radical (unpaired) electrons. The maximum Gasteiger partial charge on any atom is 0.326 e. The Morgan fingerprint density at radius 1 is 1.03 bits per heavy atom. The maximum absolute atomic E-state index is 13.4. The summed E-state index contributed by atoms with van der Waals surface area (Å²) in [4.78, 5) is 19.8. The molecule has 3 aromatic carbocycles. The van der Waals surface area contributed by atoms with Crippen LogP contribution in [0.2, 0.25) is 0 Å². The fraction of sp³-hybridized carbons (Fsp3) is 0.207. The van der Waals surface area contributed by atoms with Gasteiger partial charge >= 0.3 is 6.03 Å². The van der Waals surface area contributed by atoms with Crippen LogP contribution in [0.15, 0.2) is 83.0 Å². The minimum atomic E-state index is -0.472. The molecule has 1 N–H and O–H groups in total. The molecule has 1 aliphatic heterocycles. The zero-order chi connectivity index (χ0) is 25.2. The van der Waals surface area contributed by atoms with Crippen molar-refractivity contribution in [2.75, 3.05) is 12.0 Å². The summed E-state index contributed by atoms with van der Waals surface area (Å²) in [6.07, 6.45) is 0.926. The van der Waals surface area contributed by atoms with Crippen molar-refractivity contribution in [1.82, 2.24) is 15.5 Å². The minimum Gasteiger partial charge on any atom is -0.497 e. The minimum absolute atomic E-state index is 0.222. The van der Waals surface area contributed by atoms with E-state index in [2.05, 4.69) is 17.4 Å². The van der Waals surface area contributed by atoms with Crippen LogP contribution in [0.3, 0.4) is 0 Å². The van der Waals surface area contributed by atoms with Crippen LogP contribution in [0.4, 0.5) is 10.5 Å². The number of rotatable bonds is 6. The van der Waals surface area contributed by atoms with E-state index in [-0.39, 0.29) is 6.03 Å². The Morgan fingerprint density at radius 2 is 1.78 bits per heavy atom. The predicted octanol–water partition coefficient (Wildman–Crippen LogP) is 6.32. The predicted molar refractivity (Wildman–Crippen MR) is 140 cm³/mol. The Hall–Kier alpha value is -4.39. The van der Waals surface area contributed by atoms with Gasteiger partial charge in [-0.2, -0.15) is 4.98 Å². The second-order valence-electron chi connectivity index (χ2n) is 8.80. The van der Waals surface area contributed by atoms with E-state index in [1.165, 1.54) is 5.56 Å². The van der Waals surface area contributed by atoms with E-state index < -0.39 is 6.04 Å². The number of methoxy groups -OCH3 is 1. The van der Waals surface area contributed by atoms with Crippen molar-refractivity contribution >= 4 is 17.3 Å². The van der Waals surface area contributed by atoms with Gasteiger partial charge in [0, 0.05) is 11.3 Å². The average molecular weight is 481 g/mol. The normalized spacial score (nSPS) is 15.7. The first-order valence-electron chi connectivity index (χ1n) is 11.9. The molecule has 0 bridgehead atoms. The summed E-state index contributed by atoms with van der Waals surface area (Å²) < 4.78 is 11.1. The molecule has 2 amide bonds. The number of ether oxygens (including phenoxy) is 1. The van der Waals surface area contributed by atoms with Gasteiger partial charge in [0.2, 0.25) is 5.82 Å². The Balaban J connectivity index is 1.63. The highest BCUT2D eigenvalue weighted by Gasteiger charge is 2.36. The highest BCUT2D eigenvalue weighted by molar-refractivity contribution is 6.01. The van der Waals surface area contributed by atoms with Gasteiger partial charge < -0.3 is 14.6 Å². The fourth-order valence-electron chi connectivity index (χ4n) is 4.49. The third-order valence-corrected chi connectivity index (χ3v) is 6.47. The first-order valence-corrected chi connectivity index (χ1v) is 11.9. The molecule has 0 spiro atoms. The van der Waals surface area contributed by atoms with Crippen molar-refractivity contribution in [3.8, 4) is 17.1 Å². The molecule has 4 aromatic rings. The lowest BCUT2D eigenvalue weighted by atomic mass is 9.94. The summed E-state index contributed by atoms with van der Waals surface area (Å²) in [5, 5.41) is 7.41. The lowest BCUT2D eigenvalue weighted by molar-refractivity contribution is 0.244. The number of nitrogens with zero attached hydrogens (tertiary/aromatic N) is 3. The lowest BCUT2D eigenvalue weighted by Crippen LogP contribution is -2.46. The fourth-order valence-corrected chi connectivity index (χ4v) is 4.49. The van der Waals surface area contributed by atoms with Crippen molar-refractivity contribution in [3.05, 3.63) is 101 Å². The van der Waals surface area contributed by atoms with Gasteiger partial charge in [-0.05, 0) is 61.7 Å². The Kier molecular flexibility index (Phi) is 6.29. The van der Waals surface area contributed by atoms with Gasteiger partial charge in [-0.3, -0.25) is 4.90 Å². The molecule has 7 nitrogen and oxygen atoms in total. The molecular weight excluding hydrogens is 452 g/mol. The highest BCUT2D eigenvalue weighted by atomic mass is 16.5. The maximum atomic E-state index is 13.4. The van der Waals surface area contributed by atoms with Gasteiger partial charge in [0.05, 0.1) is 24.4 Å². The first kappa shape index (κ1) is 23.4. The summed E-state index contributed by atoms with van der Waals surface area (Å²) in [7, 11) is 1.62. The van der Waals surface area contributed by atoms with Gasteiger partial charge in [-0.15, -0.1) is 0 Å². The van der Waals surface area contributed by atoms with Gasteiger partial charge in [-0.25, -0.2) is 4.79 Å². The second-order valence-corrected chi connectivity index (χ2v) is 8.80. The number of hydrogen-bond acceptors (Lipinski definition) is 5. The summed E-state index contributed by atoms with van der Waals surface area (Å²) in [5.41, 5.74) is 6.30. The molecule has 5 rings (SSSR count). The van der Waals surface area contributed by atoms with Gasteiger partial charge in [0.15, 0.2) is 0 Å². The molecule has 1 aromatic heterocycles. The van der Waals surface area contributed by atoms with Crippen molar-refractivity contribution in [2.45, 2.75) is 33.2 Å². The van der Waals surface area contributed by atoms with Crippen LogP contribution in [-0.2, 0) is 6.42 Å². The smallest absolute Gasteiger partial charge is 0.326 e. The van der Waals surface area contributed by atoms with E-state index >= 15 is 0 Å². The van der Waals surface area contributed by atoms with E-state index in [1.807, 2.05) is 86.6 Å². The molecular formula is C29H28N4O3. The number of amides is 2. The van der Waals surface area contributed by atoms with E-state index in [4.69, 9.17) is 14.2 Å². The molecule has 1 atom stereocenters. The van der Waals surface area contributed by atoms with Gasteiger partial charge in [0.1, 0.15) is 5.75 Å². The molecule has 1 unspecified atom stereocenters. The highest BCUT2D eigenvalue weighted by Crippen LogP contribution is 2.39. The van der Waals surface area contributed by atoms with E-state index in [9.17, 15) is 4.79 Å². The molecule has 2 heterocycles. The van der Waals surface area contributed by atoms with Crippen LogP contribution < -0.4 is 15.0 Å². The Labute approximate surface area is 210 Å². The molecule has 0 fully saturated rings. The van der Waals surface area contributed by atoms with E-state index in [0.29, 0.717) is 11.7 Å². The topological polar surface area (TPSA) is 80.5 Å². The number of aryl methyl sites for hydroxylation is 2. The molecule has 0 saturated carbocycles. The number of urea groups is 1. The quantitative estimate of drug-likeness (QED) is 0.349. The Bertz CT molecular complexity index is 1420. The van der Waals surface area contributed by atoms with Crippen LogP contribution >= 0.6 is 0 Å². The number of benzene rings is 3. The molecule has 0 aliphatic carbocycles. The van der Waals surface area contributed by atoms with Crippen LogP contribution in [0.5, 0.6) is 5.75 Å². The van der Waals surface area contributed by atoms with Crippen LogP contribution in [0.1, 0.15) is 42.5 Å². The third kappa shape index (κ3) is 4.35. The summed E-state index contributed by atoms with van der Waals surface area (Å²) in [6, 6.07) is 22.9.